The van der Waals surface area contributed by atoms with Crippen molar-refractivity contribution in [3.05, 3.63) is 35.0 Å². The summed E-state index contributed by atoms with van der Waals surface area (Å²) in [5, 5.41) is 10.8. The van der Waals surface area contributed by atoms with Crippen molar-refractivity contribution in [3.63, 3.8) is 0 Å². The molecule has 0 spiro atoms. The molecule has 1 fully saturated rings. The van der Waals surface area contributed by atoms with Crippen LogP contribution in [0.4, 0.5) is 11.6 Å². The molecule has 30 heavy (non-hydrogen) atoms. The number of nitrogens with one attached hydrogen (secondary N) is 1. The van der Waals surface area contributed by atoms with Gasteiger partial charge in [-0.3, -0.25) is 4.79 Å². The van der Waals surface area contributed by atoms with Gasteiger partial charge in [0.1, 0.15) is 5.82 Å². The predicted octanol–water partition coefficient (Wildman–Crippen LogP) is 1.86. The maximum absolute atomic E-state index is 13.2. The number of fused-ring (bicyclic) bond motifs is 1. The van der Waals surface area contributed by atoms with Gasteiger partial charge in [-0.1, -0.05) is 0 Å². The molecule has 2 aliphatic heterocycles. The summed E-state index contributed by atoms with van der Waals surface area (Å²) in [6.45, 7) is 6.74. The Balaban J connectivity index is 1.66. The first kappa shape index (κ1) is 20.5. The highest BCUT2D eigenvalue weighted by Gasteiger charge is 2.27. The maximum Gasteiger partial charge on any atom is 0.257 e. The van der Waals surface area contributed by atoms with E-state index in [9.17, 15) is 4.79 Å². The molecule has 1 saturated heterocycles. The smallest absolute Gasteiger partial charge is 0.257 e. The van der Waals surface area contributed by atoms with E-state index in [0.717, 1.165) is 30.2 Å². The van der Waals surface area contributed by atoms with E-state index in [1.54, 1.807) is 12.1 Å². The number of pyridine rings is 1. The summed E-state index contributed by atoms with van der Waals surface area (Å²) in [5.74, 6) is 1.32. The predicted molar refractivity (Wildman–Crippen MR) is 111 cm³/mol. The van der Waals surface area contributed by atoms with E-state index in [2.05, 4.69) is 34.3 Å². The first-order chi connectivity index (χ1) is 14.5. The molecule has 9 heteroatoms. The zero-order valence-electron chi connectivity index (χ0n) is 17.6. The van der Waals surface area contributed by atoms with Crippen LogP contribution < -0.4 is 15.0 Å². The van der Waals surface area contributed by atoms with Crippen molar-refractivity contribution >= 4 is 17.5 Å². The van der Waals surface area contributed by atoms with E-state index in [1.807, 2.05) is 6.07 Å². The molecule has 0 radical (unpaired) electrons. The first-order valence-electron chi connectivity index (χ1n) is 10.2. The number of rotatable bonds is 4. The van der Waals surface area contributed by atoms with Crippen LogP contribution in [0.2, 0.25) is 0 Å². The van der Waals surface area contributed by atoms with Gasteiger partial charge in [0, 0.05) is 36.8 Å². The molecule has 0 saturated carbocycles. The van der Waals surface area contributed by atoms with Crippen molar-refractivity contribution < 1.29 is 19.0 Å². The summed E-state index contributed by atoms with van der Waals surface area (Å²) >= 11 is 0. The summed E-state index contributed by atoms with van der Waals surface area (Å²) in [5.41, 5.74) is 2.46. The highest BCUT2D eigenvalue weighted by molar-refractivity contribution is 6.05. The van der Waals surface area contributed by atoms with Gasteiger partial charge >= 0.3 is 0 Å². The second-order valence-corrected chi connectivity index (χ2v) is 7.64. The lowest BCUT2D eigenvalue weighted by atomic mass is 10.0. The summed E-state index contributed by atoms with van der Waals surface area (Å²) in [6.07, 6.45) is 1.53. The third-order valence-corrected chi connectivity index (χ3v) is 5.26. The van der Waals surface area contributed by atoms with Gasteiger partial charge in [0.2, 0.25) is 5.88 Å². The Morgan fingerprint density at radius 1 is 1.17 bits per heavy atom. The SMILES string of the molecule is COc1ccc(NC(=O)c2cc(N3C[C@@H](C)O[C@@H](C)C3)nc3c2CCOCC3)nn1. The molecule has 0 bridgehead atoms. The number of carbonyl (C=O) groups excluding carboxylic acids is 1. The fourth-order valence-corrected chi connectivity index (χ4v) is 3.95. The molecule has 2 aromatic heterocycles. The van der Waals surface area contributed by atoms with Crippen molar-refractivity contribution in [2.24, 2.45) is 0 Å². The third-order valence-electron chi connectivity index (χ3n) is 5.26. The van der Waals surface area contributed by atoms with Gasteiger partial charge in [-0.05, 0) is 38.0 Å². The molecule has 1 amide bonds. The minimum Gasteiger partial charge on any atom is -0.480 e. The van der Waals surface area contributed by atoms with Crippen molar-refractivity contribution in [1.82, 2.24) is 15.2 Å². The Morgan fingerprint density at radius 2 is 1.93 bits per heavy atom. The molecule has 2 aliphatic rings. The number of hydrogen-bond donors (Lipinski definition) is 1. The second kappa shape index (κ2) is 8.93. The third kappa shape index (κ3) is 4.52. The zero-order valence-corrected chi connectivity index (χ0v) is 17.6. The van der Waals surface area contributed by atoms with Crippen LogP contribution in [-0.4, -0.2) is 66.7 Å². The lowest BCUT2D eigenvalue weighted by molar-refractivity contribution is -0.00547. The second-order valence-electron chi connectivity index (χ2n) is 7.64. The Hall–Kier alpha value is -2.78. The van der Waals surface area contributed by atoms with Gasteiger partial charge in [0.15, 0.2) is 5.82 Å². The Labute approximate surface area is 175 Å². The van der Waals surface area contributed by atoms with Gasteiger partial charge in [-0.2, -0.15) is 0 Å². The van der Waals surface area contributed by atoms with E-state index in [4.69, 9.17) is 19.2 Å². The van der Waals surface area contributed by atoms with Crippen molar-refractivity contribution in [2.45, 2.75) is 38.9 Å². The van der Waals surface area contributed by atoms with E-state index >= 15 is 0 Å². The summed E-state index contributed by atoms with van der Waals surface area (Å²) < 4.78 is 16.5. The molecule has 0 aromatic carbocycles. The summed E-state index contributed by atoms with van der Waals surface area (Å²) in [4.78, 5) is 20.3. The van der Waals surface area contributed by atoms with Gasteiger partial charge in [-0.15, -0.1) is 10.2 Å². The molecule has 0 aliphatic carbocycles. The van der Waals surface area contributed by atoms with Crippen LogP contribution in [0.1, 0.15) is 35.5 Å². The number of methoxy groups -OCH3 is 1. The van der Waals surface area contributed by atoms with E-state index in [-0.39, 0.29) is 18.1 Å². The van der Waals surface area contributed by atoms with E-state index in [1.165, 1.54) is 7.11 Å². The number of ether oxygens (including phenoxy) is 3. The summed E-state index contributed by atoms with van der Waals surface area (Å²) in [6, 6.07) is 5.20. The van der Waals surface area contributed by atoms with Gasteiger partial charge in [0.25, 0.3) is 5.91 Å². The van der Waals surface area contributed by atoms with Crippen LogP contribution in [-0.2, 0) is 22.3 Å². The maximum atomic E-state index is 13.2. The number of anilines is 2. The van der Waals surface area contributed by atoms with Crippen LogP contribution in [0.15, 0.2) is 18.2 Å². The lowest BCUT2D eigenvalue weighted by Crippen LogP contribution is -2.46. The molecular weight excluding hydrogens is 386 g/mol. The largest absolute Gasteiger partial charge is 0.480 e. The van der Waals surface area contributed by atoms with Crippen LogP contribution >= 0.6 is 0 Å². The number of hydrogen-bond acceptors (Lipinski definition) is 8. The molecule has 4 rings (SSSR count). The highest BCUT2D eigenvalue weighted by atomic mass is 16.5. The topological polar surface area (TPSA) is 98.7 Å². The monoisotopic (exact) mass is 413 g/mol. The number of amides is 1. The van der Waals surface area contributed by atoms with Crippen LogP contribution in [0.25, 0.3) is 0 Å². The number of aromatic nitrogens is 3. The molecule has 160 valence electrons. The van der Waals surface area contributed by atoms with Crippen molar-refractivity contribution in [2.75, 3.05) is 43.6 Å². The van der Waals surface area contributed by atoms with Gasteiger partial charge < -0.3 is 24.4 Å². The molecule has 9 nitrogen and oxygen atoms in total. The number of nitrogens with zero attached hydrogens (tertiary/aromatic N) is 4. The molecular formula is C21H27N5O4. The van der Waals surface area contributed by atoms with Crippen LogP contribution in [0.5, 0.6) is 5.88 Å². The van der Waals surface area contributed by atoms with E-state index in [0.29, 0.717) is 43.3 Å². The molecule has 2 aromatic rings. The fourth-order valence-electron chi connectivity index (χ4n) is 3.95. The number of carbonyl (C=O) groups is 1. The highest BCUT2D eigenvalue weighted by Crippen LogP contribution is 2.26. The molecule has 4 heterocycles. The number of morpholine rings is 1. The normalized spacial score (nSPS) is 21.5. The van der Waals surface area contributed by atoms with Gasteiger partial charge in [0.05, 0.1) is 32.5 Å². The first-order valence-corrected chi connectivity index (χ1v) is 10.2. The molecule has 1 N–H and O–H groups in total. The van der Waals surface area contributed by atoms with Crippen molar-refractivity contribution in [1.29, 1.82) is 0 Å². The van der Waals surface area contributed by atoms with Crippen molar-refractivity contribution in [3.8, 4) is 5.88 Å². The quantitative estimate of drug-likeness (QED) is 0.811. The molecule has 0 unspecified atom stereocenters. The fraction of sp³-hybridized carbons (Fsp3) is 0.524. The zero-order chi connectivity index (χ0) is 21.1. The average molecular weight is 413 g/mol. The van der Waals surface area contributed by atoms with E-state index < -0.39 is 0 Å². The minimum absolute atomic E-state index is 0.101. The minimum atomic E-state index is -0.231. The van der Waals surface area contributed by atoms with Crippen LogP contribution in [0.3, 0.4) is 0 Å². The average Bonchev–Trinajstić information content (AvgIpc) is 2.98. The van der Waals surface area contributed by atoms with Gasteiger partial charge in [-0.25, -0.2) is 4.98 Å². The summed E-state index contributed by atoms with van der Waals surface area (Å²) in [7, 11) is 1.52. The Kier molecular flexibility index (Phi) is 6.10. The Bertz CT molecular complexity index is 895. The lowest BCUT2D eigenvalue weighted by Gasteiger charge is -2.36. The van der Waals surface area contributed by atoms with Crippen LogP contribution in [0, 0.1) is 0 Å². The Morgan fingerprint density at radius 3 is 2.63 bits per heavy atom. The molecule has 2 atom stereocenters. The standard InChI is InChI=1S/C21H27N5O4/c1-13-11-26(12-14(2)30-13)19-10-16(15-6-8-29-9-7-17(15)22-19)21(27)23-18-4-5-20(28-3)25-24-18/h4-5,10,13-14H,6-9,11-12H2,1-3H3,(H,23,24,27)/t13-,14+.